The molecule has 3 rings (SSSR count). The average Bonchev–Trinajstić information content (AvgIpc) is 2.89. The summed E-state index contributed by atoms with van der Waals surface area (Å²) in [6, 6.07) is 15.0. The fourth-order valence-corrected chi connectivity index (χ4v) is 2.31. The highest BCUT2D eigenvalue weighted by Crippen LogP contribution is 2.18. The van der Waals surface area contributed by atoms with Gasteiger partial charge in [-0.15, -0.1) is 0 Å². The molecule has 22 heavy (non-hydrogen) atoms. The third-order valence-electron chi connectivity index (χ3n) is 3.53. The number of aryl methyl sites for hydroxylation is 1. The van der Waals surface area contributed by atoms with Gasteiger partial charge in [0.25, 0.3) is 0 Å². The van der Waals surface area contributed by atoms with Crippen molar-refractivity contribution >= 4 is 23.0 Å². The molecule has 0 aliphatic carbocycles. The van der Waals surface area contributed by atoms with Crippen LogP contribution in [0.4, 0.5) is 5.95 Å². The van der Waals surface area contributed by atoms with Crippen LogP contribution in [0.25, 0.3) is 11.0 Å². The summed E-state index contributed by atoms with van der Waals surface area (Å²) in [5.41, 5.74) is 3.48. The Morgan fingerprint density at radius 3 is 2.64 bits per heavy atom. The number of hydrogen-bond acceptors (Lipinski definition) is 5. The van der Waals surface area contributed by atoms with Crippen molar-refractivity contribution in [3.05, 3.63) is 59.7 Å². The van der Waals surface area contributed by atoms with E-state index in [-0.39, 0.29) is 0 Å². The molecule has 112 valence electrons. The summed E-state index contributed by atoms with van der Waals surface area (Å²) in [5, 5.41) is 3.29. The van der Waals surface area contributed by atoms with Gasteiger partial charge < -0.3 is 14.7 Å². The standard InChI is InChI=1S/C16H16N4O2/c1-20-14-5-3-2-4-13(14)19-16(20)18-10-11-6-8-12(9-7-11)15(21)22-17/h2-9H,10,17H2,1H3,(H,18,19). The number of fused-ring (bicyclic) bond motifs is 1. The number of nitrogens with two attached hydrogens (primary N) is 1. The Labute approximate surface area is 127 Å². The summed E-state index contributed by atoms with van der Waals surface area (Å²) >= 11 is 0. The molecule has 0 amide bonds. The Bertz CT molecular complexity index is 809. The number of benzene rings is 2. The van der Waals surface area contributed by atoms with Gasteiger partial charge >= 0.3 is 5.97 Å². The molecule has 0 spiro atoms. The van der Waals surface area contributed by atoms with Crippen molar-refractivity contribution in [3.8, 4) is 0 Å². The highest BCUT2D eigenvalue weighted by atomic mass is 16.7. The van der Waals surface area contributed by atoms with E-state index in [9.17, 15) is 4.79 Å². The number of hydrogen-bond donors (Lipinski definition) is 2. The van der Waals surface area contributed by atoms with Crippen molar-refractivity contribution in [1.29, 1.82) is 0 Å². The minimum absolute atomic E-state index is 0.425. The Kier molecular flexibility index (Phi) is 3.76. The van der Waals surface area contributed by atoms with Crippen LogP contribution in [0.15, 0.2) is 48.5 Å². The van der Waals surface area contributed by atoms with Crippen LogP contribution < -0.4 is 11.2 Å². The van der Waals surface area contributed by atoms with E-state index in [1.54, 1.807) is 12.1 Å². The molecule has 0 atom stereocenters. The van der Waals surface area contributed by atoms with Gasteiger partial charge in [-0.25, -0.2) is 9.78 Å². The normalized spacial score (nSPS) is 10.6. The lowest BCUT2D eigenvalue weighted by Gasteiger charge is -2.07. The molecule has 0 aliphatic heterocycles. The van der Waals surface area contributed by atoms with Crippen molar-refractivity contribution in [2.24, 2.45) is 12.9 Å². The maximum Gasteiger partial charge on any atom is 0.356 e. The van der Waals surface area contributed by atoms with E-state index in [4.69, 9.17) is 5.90 Å². The molecule has 0 aliphatic rings. The second-order valence-electron chi connectivity index (χ2n) is 4.94. The van der Waals surface area contributed by atoms with Gasteiger partial charge in [-0.2, -0.15) is 5.90 Å². The number of nitrogens with one attached hydrogen (secondary N) is 1. The third kappa shape index (κ3) is 2.64. The van der Waals surface area contributed by atoms with Gasteiger partial charge in [0.15, 0.2) is 0 Å². The Hall–Kier alpha value is -2.86. The maximum atomic E-state index is 11.3. The number of carbonyl (C=O) groups excluding carboxylic acids is 1. The van der Waals surface area contributed by atoms with Gasteiger partial charge in [0.1, 0.15) is 0 Å². The molecule has 0 radical (unpaired) electrons. The lowest BCUT2D eigenvalue weighted by Crippen LogP contribution is -2.10. The number of nitrogens with zero attached hydrogens (tertiary/aromatic N) is 2. The first-order valence-electron chi connectivity index (χ1n) is 6.84. The van der Waals surface area contributed by atoms with Crippen molar-refractivity contribution in [3.63, 3.8) is 0 Å². The van der Waals surface area contributed by atoms with Gasteiger partial charge in [-0.3, -0.25) is 0 Å². The summed E-state index contributed by atoms with van der Waals surface area (Å²) in [6.07, 6.45) is 0. The van der Waals surface area contributed by atoms with Crippen LogP contribution in [-0.2, 0) is 18.4 Å². The second kappa shape index (κ2) is 5.87. The fraction of sp³-hybridized carbons (Fsp3) is 0.125. The van der Waals surface area contributed by atoms with E-state index < -0.39 is 5.97 Å². The number of para-hydroxylation sites is 2. The van der Waals surface area contributed by atoms with E-state index in [0.717, 1.165) is 22.5 Å². The first-order chi connectivity index (χ1) is 10.7. The SMILES string of the molecule is Cn1c(NCc2ccc(C(=O)ON)cc2)nc2ccccc21. The highest BCUT2D eigenvalue weighted by molar-refractivity contribution is 5.89. The van der Waals surface area contributed by atoms with E-state index in [2.05, 4.69) is 15.1 Å². The van der Waals surface area contributed by atoms with Crippen LogP contribution in [0.1, 0.15) is 15.9 Å². The van der Waals surface area contributed by atoms with E-state index in [1.165, 1.54) is 0 Å². The van der Waals surface area contributed by atoms with Crippen LogP contribution in [0, 0.1) is 0 Å². The largest absolute Gasteiger partial charge is 0.370 e. The molecule has 6 nitrogen and oxygen atoms in total. The summed E-state index contributed by atoms with van der Waals surface area (Å²) < 4.78 is 2.01. The summed E-state index contributed by atoms with van der Waals surface area (Å²) in [6.45, 7) is 0.606. The topological polar surface area (TPSA) is 82.2 Å². The molecule has 1 heterocycles. The lowest BCUT2D eigenvalue weighted by atomic mass is 10.1. The van der Waals surface area contributed by atoms with Crippen LogP contribution in [0.3, 0.4) is 0 Å². The molecule has 3 aromatic rings. The van der Waals surface area contributed by atoms with Gasteiger partial charge in [-0.1, -0.05) is 24.3 Å². The second-order valence-corrected chi connectivity index (χ2v) is 4.94. The molecule has 6 heteroatoms. The van der Waals surface area contributed by atoms with Gasteiger partial charge in [0, 0.05) is 13.6 Å². The molecule has 0 bridgehead atoms. The van der Waals surface area contributed by atoms with E-state index in [0.29, 0.717) is 12.1 Å². The number of rotatable bonds is 4. The number of anilines is 1. The predicted octanol–water partition coefficient (Wildman–Crippen LogP) is 2.22. The summed E-state index contributed by atoms with van der Waals surface area (Å²) in [5.74, 6) is 5.11. The smallest absolute Gasteiger partial charge is 0.356 e. The van der Waals surface area contributed by atoms with E-state index >= 15 is 0 Å². The minimum Gasteiger partial charge on any atom is -0.370 e. The quantitative estimate of drug-likeness (QED) is 0.721. The van der Waals surface area contributed by atoms with Crippen molar-refractivity contribution < 1.29 is 9.63 Å². The summed E-state index contributed by atoms with van der Waals surface area (Å²) in [4.78, 5) is 20.0. The average molecular weight is 296 g/mol. The zero-order valence-corrected chi connectivity index (χ0v) is 12.1. The van der Waals surface area contributed by atoms with Crippen molar-refractivity contribution in [2.45, 2.75) is 6.54 Å². The maximum absolute atomic E-state index is 11.3. The third-order valence-corrected chi connectivity index (χ3v) is 3.53. The van der Waals surface area contributed by atoms with Crippen LogP contribution in [0.2, 0.25) is 0 Å². The summed E-state index contributed by atoms with van der Waals surface area (Å²) in [7, 11) is 1.97. The van der Waals surface area contributed by atoms with Crippen LogP contribution >= 0.6 is 0 Å². The lowest BCUT2D eigenvalue weighted by molar-refractivity contribution is 0.0503. The fourth-order valence-electron chi connectivity index (χ4n) is 2.31. The van der Waals surface area contributed by atoms with Crippen molar-refractivity contribution in [1.82, 2.24) is 9.55 Å². The minimum atomic E-state index is -0.546. The number of imidazole rings is 1. The van der Waals surface area contributed by atoms with Crippen molar-refractivity contribution in [2.75, 3.05) is 5.32 Å². The number of aromatic nitrogens is 2. The first-order valence-corrected chi connectivity index (χ1v) is 6.84. The predicted molar refractivity (Wildman–Crippen MR) is 84.1 cm³/mol. The molecule has 0 unspecified atom stereocenters. The zero-order chi connectivity index (χ0) is 15.5. The molecule has 3 N–H and O–H groups in total. The molecule has 0 fully saturated rings. The molecule has 2 aromatic carbocycles. The highest BCUT2D eigenvalue weighted by Gasteiger charge is 2.07. The molecule has 1 aromatic heterocycles. The zero-order valence-electron chi connectivity index (χ0n) is 12.1. The molecular formula is C16H16N4O2. The molecule has 0 saturated heterocycles. The van der Waals surface area contributed by atoms with Gasteiger partial charge in [-0.05, 0) is 29.8 Å². The van der Waals surface area contributed by atoms with Gasteiger partial charge in [0.2, 0.25) is 5.95 Å². The van der Waals surface area contributed by atoms with Crippen LogP contribution in [0.5, 0.6) is 0 Å². The Morgan fingerprint density at radius 2 is 1.95 bits per heavy atom. The van der Waals surface area contributed by atoms with Gasteiger partial charge in [0.05, 0.1) is 16.6 Å². The Morgan fingerprint density at radius 1 is 1.23 bits per heavy atom. The first kappa shape index (κ1) is 14.1. The van der Waals surface area contributed by atoms with E-state index in [1.807, 2.05) is 48.0 Å². The number of carbonyl (C=O) groups is 1. The molecular weight excluding hydrogens is 280 g/mol. The monoisotopic (exact) mass is 296 g/mol. The molecule has 0 saturated carbocycles. The van der Waals surface area contributed by atoms with Crippen LogP contribution in [-0.4, -0.2) is 15.5 Å². The Balaban J connectivity index is 1.74.